The molecule has 0 amide bonds. The van der Waals surface area contributed by atoms with Gasteiger partial charge in [-0.2, -0.15) is 0 Å². The second-order valence-electron chi connectivity index (χ2n) is 13.0. The Kier molecular flexibility index (Phi) is 6.53. The monoisotopic (exact) mass is 636 g/mol. The number of para-hydroxylation sites is 1. The zero-order valence-electron chi connectivity index (χ0n) is 27.4. The fraction of sp³-hybridized carbons (Fsp3) is 0. The number of hydrogen-bond acceptors (Lipinski definition) is 2. The van der Waals surface area contributed by atoms with Crippen LogP contribution < -0.4 is 9.80 Å². The molecule has 0 spiro atoms. The summed E-state index contributed by atoms with van der Waals surface area (Å²) in [5, 5.41) is 7.51. The fourth-order valence-electron chi connectivity index (χ4n) is 7.73. The second-order valence-corrected chi connectivity index (χ2v) is 13.0. The third-order valence-electron chi connectivity index (χ3n) is 10.1. The Morgan fingerprint density at radius 3 is 1.64 bits per heavy atom. The first kappa shape index (κ1) is 28.4. The van der Waals surface area contributed by atoms with Crippen molar-refractivity contribution in [3.05, 3.63) is 194 Å². The van der Waals surface area contributed by atoms with Crippen molar-refractivity contribution in [1.29, 1.82) is 0 Å². The first-order valence-electron chi connectivity index (χ1n) is 17.2. The van der Waals surface area contributed by atoms with Crippen LogP contribution in [0.2, 0.25) is 0 Å². The molecule has 234 valence electrons. The Morgan fingerprint density at radius 2 is 0.860 bits per heavy atom. The van der Waals surface area contributed by atoms with Gasteiger partial charge >= 0.3 is 0 Å². The lowest BCUT2D eigenvalue weighted by Gasteiger charge is -2.34. The summed E-state index contributed by atoms with van der Waals surface area (Å²) in [5.74, 6) is 0. The molecule has 10 rings (SSSR count). The van der Waals surface area contributed by atoms with Crippen molar-refractivity contribution in [2.24, 2.45) is 0 Å². The molecule has 0 unspecified atom stereocenters. The first-order chi connectivity index (χ1) is 24.8. The van der Waals surface area contributed by atoms with E-state index in [-0.39, 0.29) is 0 Å². The summed E-state index contributed by atoms with van der Waals surface area (Å²) >= 11 is 0. The van der Waals surface area contributed by atoms with Crippen LogP contribution in [-0.2, 0) is 0 Å². The van der Waals surface area contributed by atoms with Gasteiger partial charge in [0, 0.05) is 33.7 Å². The second kappa shape index (κ2) is 11.5. The molecule has 1 aliphatic rings. The van der Waals surface area contributed by atoms with Gasteiger partial charge in [-0.3, -0.25) is 0 Å². The minimum atomic E-state index is 1.10. The predicted molar refractivity (Wildman–Crippen MR) is 213 cm³/mol. The number of hydrogen-bond donors (Lipinski definition) is 0. The summed E-state index contributed by atoms with van der Waals surface area (Å²) in [6.45, 7) is 0. The summed E-state index contributed by atoms with van der Waals surface area (Å²) in [7, 11) is 0. The number of fused-ring (bicyclic) bond motifs is 4. The van der Waals surface area contributed by atoms with Crippen LogP contribution in [0.5, 0.6) is 0 Å². The van der Waals surface area contributed by atoms with E-state index in [0.29, 0.717) is 0 Å². The maximum atomic E-state index is 2.41. The van der Waals surface area contributed by atoms with Crippen LogP contribution in [0, 0.1) is 0 Å². The van der Waals surface area contributed by atoms with E-state index in [1.54, 1.807) is 0 Å². The molecule has 0 atom stereocenters. The highest BCUT2D eigenvalue weighted by Gasteiger charge is 2.25. The number of benzene rings is 9. The van der Waals surface area contributed by atoms with Crippen LogP contribution in [0.15, 0.2) is 194 Å². The maximum absolute atomic E-state index is 2.41. The summed E-state index contributed by atoms with van der Waals surface area (Å²) in [6, 6.07) is 70.5. The molecule has 2 nitrogen and oxygen atoms in total. The molecule has 9 aromatic rings. The lowest BCUT2D eigenvalue weighted by Crippen LogP contribution is -2.15. The van der Waals surface area contributed by atoms with E-state index in [1.807, 2.05) is 0 Å². The number of anilines is 6. The van der Waals surface area contributed by atoms with Crippen molar-refractivity contribution >= 4 is 66.4 Å². The van der Waals surface area contributed by atoms with Gasteiger partial charge in [0.1, 0.15) is 0 Å². The highest BCUT2D eigenvalue weighted by molar-refractivity contribution is 6.13. The molecule has 0 saturated heterocycles. The molecule has 0 bridgehead atoms. The van der Waals surface area contributed by atoms with Crippen LogP contribution in [-0.4, -0.2) is 0 Å². The van der Waals surface area contributed by atoms with E-state index in [9.17, 15) is 0 Å². The molecule has 2 heteroatoms. The minimum Gasteiger partial charge on any atom is -0.310 e. The molecule has 50 heavy (non-hydrogen) atoms. The maximum Gasteiger partial charge on any atom is 0.0546 e. The zero-order chi connectivity index (χ0) is 33.0. The Labute approximate surface area is 291 Å². The average Bonchev–Trinajstić information content (AvgIpc) is 3.18. The molecule has 0 N–H and O–H groups in total. The Hall–Kier alpha value is -6.64. The van der Waals surface area contributed by atoms with Crippen molar-refractivity contribution < 1.29 is 0 Å². The van der Waals surface area contributed by atoms with Crippen LogP contribution in [0.3, 0.4) is 0 Å². The molecule has 0 aliphatic carbocycles. The highest BCUT2D eigenvalue weighted by atomic mass is 15.2. The van der Waals surface area contributed by atoms with Gasteiger partial charge in [-0.05, 0) is 116 Å². The van der Waals surface area contributed by atoms with E-state index in [2.05, 4.69) is 204 Å². The lowest BCUT2D eigenvalue weighted by atomic mass is 9.91. The third-order valence-corrected chi connectivity index (χ3v) is 10.1. The molecule has 1 aliphatic heterocycles. The summed E-state index contributed by atoms with van der Waals surface area (Å²) < 4.78 is 0. The van der Waals surface area contributed by atoms with Crippen LogP contribution in [0.25, 0.3) is 54.6 Å². The predicted octanol–water partition coefficient (Wildman–Crippen LogP) is 13.7. The number of rotatable bonds is 5. The van der Waals surface area contributed by atoms with Crippen LogP contribution in [0.1, 0.15) is 0 Å². The lowest BCUT2D eigenvalue weighted by molar-refractivity contribution is 1.26. The summed E-state index contributed by atoms with van der Waals surface area (Å²) in [5.41, 5.74) is 11.8. The van der Waals surface area contributed by atoms with Gasteiger partial charge in [-0.25, -0.2) is 0 Å². The third kappa shape index (κ3) is 4.65. The van der Waals surface area contributed by atoms with Gasteiger partial charge < -0.3 is 9.80 Å². The molecule has 0 saturated carbocycles. The molecular formula is C48H32N2. The minimum absolute atomic E-state index is 1.10. The highest BCUT2D eigenvalue weighted by Crippen LogP contribution is 2.51. The Morgan fingerprint density at radius 1 is 0.320 bits per heavy atom. The SMILES string of the molecule is c1ccc(-c2ccc(N(c3ccc(N4c5ccccc5-c5cccc6cccc4c56)cc3)c3ccc4cc5ccccc5cc4c3)cc2)cc1. The van der Waals surface area contributed by atoms with E-state index >= 15 is 0 Å². The van der Waals surface area contributed by atoms with Gasteiger partial charge in [0.25, 0.3) is 0 Å². The van der Waals surface area contributed by atoms with Crippen molar-refractivity contribution in [2.45, 2.75) is 0 Å². The summed E-state index contributed by atoms with van der Waals surface area (Å²) in [6.07, 6.45) is 0. The normalized spacial score (nSPS) is 12.0. The fourth-order valence-corrected chi connectivity index (χ4v) is 7.73. The van der Waals surface area contributed by atoms with Gasteiger partial charge in [-0.15, -0.1) is 0 Å². The quantitative estimate of drug-likeness (QED) is 0.173. The largest absolute Gasteiger partial charge is 0.310 e. The summed E-state index contributed by atoms with van der Waals surface area (Å²) in [4.78, 5) is 4.78. The average molecular weight is 637 g/mol. The molecule has 0 radical (unpaired) electrons. The molecule has 1 heterocycles. The van der Waals surface area contributed by atoms with Crippen molar-refractivity contribution in [3.63, 3.8) is 0 Å². The number of nitrogens with zero attached hydrogens (tertiary/aromatic N) is 2. The van der Waals surface area contributed by atoms with Crippen LogP contribution >= 0.6 is 0 Å². The first-order valence-corrected chi connectivity index (χ1v) is 17.2. The Bertz CT molecular complexity index is 2690. The van der Waals surface area contributed by atoms with E-state index in [1.165, 1.54) is 65.9 Å². The van der Waals surface area contributed by atoms with E-state index in [4.69, 9.17) is 0 Å². The topological polar surface area (TPSA) is 6.48 Å². The van der Waals surface area contributed by atoms with Gasteiger partial charge in [0.05, 0.1) is 11.4 Å². The van der Waals surface area contributed by atoms with E-state index in [0.717, 1.165) is 22.7 Å². The smallest absolute Gasteiger partial charge is 0.0546 e. The van der Waals surface area contributed by atoms with Crippen molar-refractivity contribution in [3.8, 4) is 22.3 Å². The zero-order valence-corrected chi connectivity index (χ0v) is 27.4. The standard InChI is InChI=1S/C48H32N2/c1-2-10-33(11-3-1)34-20-23-40(24-21-34)49(43-25-22-38-30-36-12-4-5-13-37(36)31-39(38)32-43)41-26-28-42(29-27-41)50-46-18-7-6-16-44(46)45-17-8-14-35-15-9-19-47(50)48(35)45/h1-32H. The van der Waals surface area contributed by atoms with Crippen LogP contribution in [0.4, 0.5) is 34.1 Å². The molecular weight excluding hydrogens is 605 g/mol. The van der Waals surface area contributed by atoms with Crippen molar-refractivity contribution in [2.75, 3.05) is 9.80 Å². The van der Waals surface area contributed by atoms with Gasteiger partial charge in [0.2, 0.25) is 0 Å². The molecule has 0 fully saturated rings. The van der Waals surface area contributed by atoms with Gasteiger partial charge in [-0.1, -0.05) is 121 Å². The van der Waals surface area contributed by atoms with Gasteiger partial charge in [0.15, 0.2) is 0 Å². The molecule has 9 aromatic carbocycles. The van der Waals surface area contributed by atoms with E-state index < -0.39 is 0 Å². The molecule has 0 aromatic heterocycles. The van der Waals surface area contributed by atoms with Crippen molar-refractivity contribution in [1.82, 2.24) is 0 Å². The Balaban J connectivity index is 1.11.